The highest BCUT2D eigenvalue weighted by molar-refractivity contribution is 6.30. The van der Waals surface area contributed by atoms with Gasteiger partial charge in [-0.25, -0.2) is 0 Å². The van der Waals surface area contributed by atoms with E-state index in [1.807, 2.05) is 30.3 Å². The van der Waals surface area contributed by atoms with Crippen LogP contribution in [-0.4, -0.2) is 53.4 Å². The lowest BCUT2D eigenvalue weighted by Gasteiger charge is -2.32. The summed E-state index contributed by atoms with van der Waals surface area (Å²) < 4.78 is 16.4. The van der Waals surface area contributed by atoms with Crippen LogP contribution in [-0.2, 0) is 27.2 Å². The molecule has 0 N–H and O–H groups in total. The molecule has 1 fully saturated rings. The molecule has 1 aromatic heterocycles. The molecule has 0 aliphatic carbocycles. The summed E-state index contributed by atoms with van der Waals surface area (Å²) in [4.78, 5) is 18.8. The summed E-state index contributed by atoms with van der Waals surface area (Å²) in [7, 11) is 0. The maximum Gasteiger partial charge on any atom is 0.306 e. The van der Waals surface area contributed by atoms with E-state index in [2.05, 4.69) is 27.2 Å². The molecule has 1 aliphatic heterocycles. The van der Waals surface area contributed by atoms with Crippen molar-refractivity contribution >= 4 is 17.6 Å². The highest BCUT2D eigenvalue weighted by Crippen LogP contribution is 2.19. The van der Waals surface area contributed by atoms with E-state index in [4.69, 9.17) is 25.6 Å². The molecule has 3 aromatic rings. The number of morpholine rings is 1. The lowest BCUT2D eigenvalue weighted by atomic mass is 10.2. The molecule has 2 heterocycles. The molecular weight excluding hydrogens is 418 g/mol. The number of rotatable bonds is 8. The standard InChI is InChI=1S/C23H24ClN3O4/c24-19-8-6-18(7-9-19)23-25-21(31-26-23)10-11-22(28)30-16-20-15-27(12-13-29-20)14-17-4-2-1-3-5-17/h1-9,20H,10-16H2. The first-order valence-electron chi connectivity index (χ1n) is 10.3. The molecule has 1 unspecified atom stereocenters. The van der Waals surface area contributed by atoms with E-state index in [0.29, 0.717) is 29.8 Å². The first-order chi connectivity index (χ1) is 15.2. The Morgan fingerprint density at radius 3 is 2.77 bits per heavy atom. The third-order valence-electron chi connectivity index (χ3n) is 5.02. The van der Waals surface area contributed by atoms with Gasteiger partial charge >= 0.3 is 5.97 Å². The van der Waals surface area contributed by atoms with E-state index >= 15 is 0 Å². The normalized spacial score (nSPS) is 16.9. The predicted octanol–water partition coefficient (Wildman–Crippen LogP) is 3.77. The fourth-order valence-electron chi connectivity index (χ4n) is 3.41. The molecule has 1 aliphatic rings. The van der Waals surface area contributed by atoms with Crippen molar-refractivity contribution in [2.75, 3.05) is 26.3 Å². The number of halogens is 1. The van der Waals surface area contributed by atoms with Crippen LogP contribution >= 0.6 is 11.6 Å². The van der Waals surface area contributed by atoms with Crippen molar-refractivity contribution in [2.45, 2.75) is 25.5 Å². The quantitative estimate of drug-likeness (QED) is 0.492. The van der Waals surface area contributed by atoms with Crippen LogP contribution in [0.2, 0.25) is 5.02 Å². The van der Waals surface area contributed by atoms with Crippen LogP contribution in [0.5, 0.6) is 0 Å². The molecule has 1 saturated heterocycles. The SMILES string of the molecule is O=C(CCc1nc(-c2ccc(Cl)cc2)no1)OCC1CN(Cc2ccccc2)CCO1. The summed E-state index contributed by atoms with van der Waals surface area (Å²) in [6.45, 7) is 3.33. The van der Waals surface area contributed by atoms with Crippen LogP contribution in [0.4, 0.5) is 0 Å². The third kappa shape index (κ3) is 6.37. The Morgan fingerprint density at radius 2 is 1.97 bits per heavy atom. The number of nitrogens with zero attached hydrogens (tertiary/aromatic N) is 3. The fourth-order valence-corrected chi connectivity index (χ4v) is 3.53. The summed E-state index contributed by atoms with van der Waals surface area (Å²) in [5, 5.41) is 4.59. The molecule has 0 spiro atoms. The number of aromatic nitrogens is 2. The molecule has 162 valence electrons. The van der Waals surface area contributed by atoms with Crippen LogP contribution in [0.25, 0.3) is 11.4 Å². The lowest BCUT2D eigenvalue weighted by Crippen LogP contribution is -2.44. The fraction of sp³-hybridized carbons (Fsp3) is 0.348. The molecule has 4 rings (SSSR count). The van der Waals surface area contributed by atoms with Gasteiger partial charge in [-0.05, 0) is 29.8 Å². The highest BCUT2D eigenvalue weighted by atomic mass is 35.5. The Bertz CT molecular complexity index is 978. The van der Waals surface area contributed by atoms with Crippen LogP contribution in [0.3, 0.4) is 0 Å². The molecular formula is C23H24ClN3O4. The van der Waals surface area contributed by atoms with Gasteiger partial charge in [-0.2, -0.15) is 4.98 Å². The number of esters is 1. The zero-order chi connectivity index (χ0) is 21.5. The lowest BCUT2D eigenvalue weighted by molar-refractivity contribution is -0.150. The van der Waals surface area contributed by atoms with E-state index in [1.165, 1.54) is 5.56 Å². The van der Waals surface area contributed by atoms with Gasteiger partial charge in [-0.3, -0.25) is 9.69 Å². The Balaban J connectivity index is 1.19. The zero-order valence-electron chi connectivity index (χ0n) is 17.1. The van der Waals surface area contributed by atoms with Crippen LogP contribution in [0, 0.1) is 0 Å². The summed E-state index contributed by atoms with van der Waals surface area (Å²) in [6.07, 6.45) is 0.370. The van der Waals surface area contributed by atoms with Crippen molar-refractivity contribution < 1.29 is 18.8 Å². The minimum Gasteiger partial charge on any atom is -0.463 e. The molecule has 0 amide bonds. The Morgan fingerprint density at radius 1 is 1.16 bits per heavy atom. The van der Waals surface area contributed by atoms with Crippen molar-refractivity contribution in [3.8, 4) is 11.4 Å². The van der Waals surface area contributed by atoms with E-state index in [1.54, 1.807) is 12.1 Å². The number of ether oxygens (including phenoxy) is 2. The predicted molar refractivity (Wildman–Crippen MR) is 115 cm³/mol. The molecule has 7 nitrogen and oxygen atoms in total. The molecule has 31 heavy (non-hydrogen) atoms. The number of hydrogen-bond acceptors (Lipinski definition) is 7. The minimum absolute atomic E-state index is 0.124. The number of hydrogen-bond donors (Lipinski definition) is 0. The smallest absolute Gasteiger partial charge is 0.306 e. The zero-order valence-corrected chi connectivity index (χ0v) is 17.8. The van der Waals surface area contributed by atoms with E-state index in [9.17, 15) is 4.79 Å². The highest BCUT2D eigenvalue weighted by Gasteiger charge is 2.22. The van der Waals surface area contributed by atoms with Gasteiger partial charge < -0.3 is 14.0 Å². The Labute approximate surface area is 185 Å². The second-order valence-corrected chi connectivity index (χ2v) is 7.85. The van der Waals surface area contributed by atoms with Crippen LogP contribution < -0.4 is 0 Å². The maximum absolute atomic E-state index is 12.1. The number of aryl methyl sites for hydroxylation is 1. The average molecular weight is 442 g/mol. The molecule has 0 saturated carbocycles. The van der Waals surface area contributed by atoms with Crippen molar-refractivity contribution in [1.29, 1.82) is 0 Å². The maximum atomic E-state index is 12.1. The van der Waals surface area contributed by atoms with Gasteiger partial charge in [0.15, 0.2) is 0 Å². The Kier molecular flexibility index (Phi) is 7.30. The van der Waals surface area contributed by atoms with Crippen molar-refractivity contribution in [3.63, 3.8) is 0 Å². The number of carbonyl (C=O) groups excluding carboxylic acids is 1. The van der Waals surface area contributed by atoms with Gasteiger partial charge in [0.25, 0.3) is 0 Å². The summed E-state index contributed by atoms with van der Waals surface area (Å²) in [6, 6.07) is 17.5. The second kappa shape index (κ2) is 10.5. The topological polar surface area (TPSA) is 77.7 Å². The molecule has 1 atom stereocenters. The first kappa shape index (κ1) is 21.5. The van der Waals surface area contributed by atoms with E-state index in [0.717, 1.165) is 25.2 Å². The molecule has 0 bridgehead atoms. The number of carbonyl (C=O) groups is 1. The number of benzene rings is 2. The van der Waals surface area contributed by atoms with E-state index in [-0.39, 0.29) is 25.1 Å². The van der Waals surface area contributed by atoms with Gasteiger partial charge in [0.05, 0.1) is 13.0 Å². The van der Waals surface area contributed by atoms with E-state index < -0.39 is 0 Å². The second-order valence-electron chi connectivity index (χ2n) is 7.42. The van der Waals surface area contributed by atoms with Gasteiger partial charge in [-0.1, -0.05) is 47.1 Å². The summed E-state index contributed by atoms with van der Waals surface area (Å²) >= 11 is 5.89. The van der Waals surface area contributed by atoms with Gasteiger partial charge in [0, 0.05) is 36.6 Å². The van der Waals surface area contributed by atoms with Crippen LogP contribution in [0.15, 0.2) is 59.1 Å². The average Bonchev–Trinajstić information content (AvgIpc) is 3.27. The summed E-state index contributed by atoms with van der Waals surface area (Å²) in [5.74, 6) is 0.550. The molecule has 8 heteroatoms. The van der Waals surface area contributed by atoms with Crippen LogP contribution in [0.1, 0.15) is 17.9 Å². The Hall–Kier alpha value is -2.74. The third-order valence-corrected chi connectivity index (χ3v) is 5.27. The van der Waals surface area contributed by atoms with Crippen molar-refractivity contribution in [1.82, 2.24) is 15.0 Å². The van der Waals surface area contributed by atoms with Gasteiger partial charge in [0.2, 0.25) is 11.7 Å². The van der Waals surface area contributed by atoms with Gasteiger partial charge in [0.1, 0.15) is 12.7 Å². The monoisotopic (exact) mass is 441 g/mol. The largest absolute Gasteiger partial charge is 0.463 e. The first-order valence-corrected chi connectivity index (χ1v) is 10.7. The summed E-state index contributed by atoms with van der Waals surface area (Å²) in [5.41, 5.74) is 2.06. The van der Waals surface area contributed by atoms with Crippen molar-refractivity contribution in [2.24, 2.45) is 0 Å². The minimum atomic E-state index is -0.310. The molecule has 0 radical (unpaired) electrons. The van der Waals surface area contributed by atoms with Gasteiger partial charge in [-0.15, -0.1) is 0 Å². The van der Waals surface area contributed by atoms with Crippen molar-refractivity contribution in [3.05, 3.63) is 71.1 Å². The molecule has 2 aromatic carbocycles.